The zero-order valence-corrected chi connectivity index (χ0v) is 21.6. The van der Waals surface area contributed by atoms with Crippen LogP contribution >= 0.6 is 0 Å². The normalized spacial score (nSPS) is 17.4. The van der Waals surface area contributed by atoms with Crippen LogP contribution < -0.4 is 22.3 Å². The Hall–Kier alpha value is -2.20. The second-order valence-electron chi connectivity index (χ2n) is 8.19. The van der Waals surface area contributed by atoms with E-state index in [9.17, 15) is 9.90 Å². The predicted molar refractivity (Wildman–Crippen MR) is 121 cm³/mol. The third-order valence-electron chi connectivity index (χ3n) is 5.83. The number of nitrogens with zero attached hydrogens (tertiary/aromatic N) is 4. The van der Waals surface area contributed by atoms with E-state index in [2.05, 4.69) is 15.3 Å². The smallest absolute Gasteiger partial charge is 1.00 e. The summed E-state index contributed by atoms with van der Waals surface area (Å²) in [6.07, 6.45) is 2.63. The zero-order chi connectivity index (χ0) is 22.5. The standard InChI is InChI=1S/C24H28N4O4.ClH.Mg/c1-16-22(32-19-10-6-9-18(13-19)24(29)30)12-11-20(25-16)23-21(28(2)27-26-23)15-31-14-17-7-4-3-5-8-17;;/h3-5,7-8,11-12,18-19H,6,9-10,13-15H2,1-2H3,(H,29,30);1H;/q;;+2/p-2/t18-,19-;;/m0../s1. The van der Waals surface area contributed by atoms with Gasteiger partial charge in [-0.05, 0) is 50.3 Å². The van der Waals surface area contributed by atoms with Crippen LogP contribution in [-0.4, -0.2) is 55.1 Å². The van der Waals surface area contributed by atoms with Crippen molar-refractivity contribution in [1.29, 1.82) is 0 Å². The van der Waals surface area contributed by atoms with E-state index in [1.807, 2.05) is 56.4 Å². The van der Waals surface area contributed by atoms with Crippen molar-refractivity contribution in [1.82, 2.24) is 20.0 Å². The van der Waals surface area contributed by atoms with Crippen molar-refractivity contribution >= 4 is 29.0 Å². The fraction of sp³-hybridized carbons (Fsp3) is 0.417. The van der Waals surface area contributed by atoms with Gasteiger partial charge in [-0.15, -0.1) is 5.10 Å². The van der Waals surface area contributed by atoms with Crippen LogP contribution in [0.2, 0.25) is 0 Å². The first-order valence-electron chi connectivity index (χ1n) is 10.9. The maximum absolute atomic E-state index is 11.2. The van der Waals surface area contributed by atoms with Gasteiger partial charge in [-0.3, -0.25) is 0 Å². The third-order valence-corrected chi connectivity index (χ3v) is 5.83. The first-order chi connectivity index (χ1) is 15.5. The summed E-state index contributed by atoms with van der Waals surface area (Å²) in [6.45, 7) is 2.73. The monoisotopic (exact) mass is 494 g/mol. The second kappa shape index (κ2) is 13.0. The fourth-order valence-electron chi connectivity index (χ4n) is 4.03. The van der Waals surface area contributed by atoms with Crippen molar-refractivity contribution in [2.45, 2.75) is 51.9 Å². The van der Waals surface area contributed by atoms with Gasteiger partial charge in [0.25, 0.3) is 0 Å². The number of carbonyl (C=O) groups is 1. The minimum Gasteiger partial charge on any atom is -1.00 e. The summed E-state index contributed by atoms with van der Waals surface area (Å²) < 4.78 is 13.7. The van der Waals surface area contributed by atoms with Gasteiger partial charge in [-0.2, -0.15) is 0 Å². The van der Waals surface area contributed by atoms with E-state index in [4.69, 9.17) is 9.47 Å². The molecule has 176 valence electrons. The molecule has 0 saturated heterocycles. The molecule has 1 aliphatic carbocycles. The van der Waals surface area contributed by atoms with Crippen LogP contribution in [-0.2, 0) is 29.8 Å². The fourth-order valence-corrected chi connectivity index (χ4v) is 4.03. The van der Waals surface area contributed by atoms with Crippen LogP contribution in [0, 0.1) is 12.8 Å². The Morgan fingerprint density at radius 3 is 2.62 bits per heavy atom. The maximum Gasteiger partial charge on any atom is 2.00 e. The van der Waals surface area contributed by atoms with E-state index < -0.39 is 11.9 Å². The number of aryl methyl sites for hydroxylation is 2. The van der Waals surface area contributed by atoms with Gasteiger partial charge in [0.15, 0.2) is 0 Å². The topological polar surface area (TPSA) is 102 Å². The van der Waals surface area contributed by atoms with Gasteiger partial charge in [-0.25, -0.2) is 9.67 Å². The number of benzene rings is 1. The number of aliphatic carboxylic acids is 1. The number of pyridine rings is 1. The summed E-state index contributed by atoms with van der Waals surface area (Å²) in [4.78, 5) is 15.9. The van der Waals surface area contributed by atoms with Crippen LogP contribution in [0.15, 0.2) is 42.5 Å². The van der Waals surface area contributed by atoms with E-state index in [-0.39, 0.29) is 41.6 Å². The molecule has 0 unspecified atom stereocenters. The molecule has 1 aliphatic rings. The molecule has 0 spiro atoms. The van der Waals surface area contributed by atoms with Crippen molar-refractivity contribution < 1.29 is 31.8 Å². The van der Waals surface area contributed by atoms with Crippen molar-refractivity contribution in [2.75, 3.05) is 0 Å². The third kappa shape index (κ3) is 6.91. The number of carboxylic acid groups (broad SMARTS) is 1. The summed E-state index contributed by atoms with van der Waals surface area (Å²) in [5, 5.41) is 19.6. The van der Waals surface area contributed by atoms with Crippen LogP contribution in [0.5, 0.6) is 5.75 Å². The van der Waals surface area contributed by atoms with Gasteiger partial charge in [0.05, 0.1) is 36.4 Å². The van der Waals surface area contributed by atoms with Gasteiger partial charge < -0.3 is 31.8 Å². The van der Waals surface area contributed by atoms with Gasteiger partial charge >= 0.3 is 23.1 Å². The summed E-state index contributed by atoms with van der Waals surface area (Å²) in [5.41, 5.74) is 4.02. The summed E-state index contributed by atoms with van der Waals surface area (Å²) in [7, 11) is 1.83. The van der Waals surface area contributed by atoms with Gasteiger partial charge in [0, 0.05) is 18.9 Å². The Labute approximate surface area is 221 Å². The molecule has 0 radical (unpaired) electrons. The SMILES string of the molecule is Cc1nc(-c2nnn(C)c2COCc2ccccc2)ccc1O[C@H]1CCC[C@H](C(=O)[O-])C1.[Cl-].[Mg+2]. The van der Waals surface area contributed by atoms with E-state index >= 15 is 0 Å². The molecule has 34 heavy (non-hydrogen) atoms. The molecule has 8 nitrogen and oxygen atoms in total. The van der Waals surface area contributed by atoms with Gasteiger partial charge in [0.1, 0.15) is 11.4 Å². The number of hydrogen-bond acceptors (Lipinski definition) is 7. The van der Waals surface area contributed by atoms with Crippen molar-refractivity contribution in [3.63, 3.8) is 0 Å². The minimum absolute atomic E-state index is 0. The number of carboxylic acids is 1. The molecule has 0 amide bonds. The largest absolute Gasteiger partial charge is 2.00 e. The Balaban J connectivity index is 0.00000204. The number of ether oxygens (including phenoxy) is 2. The molecule has 10 heteroatoms. The molecule has 0 aliphatic heterocycles. The van der Waals surface area contributed by atoms with Gasteiger partial charge in [-0.1, -0.05) is 35.5 Å². The average Bonchev–Trinajstić information content (AvgIpc) is 3.16. The summed E-state index contributed by atoms with van der Waals surface area (Å²) >= 11 is 0. The minimum atomic E-state index is -0.992. The first-order valence-corrected chi connectivity index (χ1v) is 10.9. The number of rotatable bonds is 8. The van der Waals surface area contributed by atoms with Crippen molar-refractivity contribution in [2.24, 2.45) is 13.0 Å². The number of aromatic nitrogens is 4. The van der Waals surface area contributed by atoms with Crippen LogP contribution in [0.1, 0.15) is 42.6 Å². The Kier molecular flexibility index (Phi) is 10.7. The zero-order valence-electron chi connectivity index (χ0n) is 19.4. The van der Waals surface area contributed by atoms with Crippen molar-refractivity contribution in [3.8, 4) is 17.1 Å². The number of hydrogen-bond donors (Lipinski definition) is 0. The maximum atomic E-state index is 11.2. The van der Waals surface area contributed by atoms with E-state index in [0.29, 0.717) is 43.2 Å². The Morgan fingerprint density at radius 2 is 1.91 bits per heavy atom. The molecule has 4 rings (SSSR count). The molecular formula is C24H27ClMgN4O4. The van der Waals surface area contributed by atoms with Gasteiger partial charge in [0.2, 0.25) is 0 Å². The molecule has 2 atom stereocenters. The molecular weight excluding hydrogens is 468 g/mol. The quantitative estimate of drug-likeness (QED) is 0.378. The summed E-state index contributed by atoms with van der Waals surface area (Å²) in [6, 6.07) is 13.7. The average molecular weight is 495 g/mol. The van der Waals surface area contributed by atoms with Crippen molar-refractivity contribution in [3.05, 3.63) is 59.4 Å². The molecule has 0 bridgehead atoms. The molecule has 1 aromatic carbocycles. The molecule has 0 N–H and O–H groups in total. The Morgan fingerprint density at radius 1 is 1.15 bits per heavy atom. The van der Waals surface area contributed by atoms with Crippen LogP contribution in [0.25, 0.3) is 11.4 Å². The molecule has 1 saturated carbocycles. The second-order valence-corrected chi connectivity index (χ2v) is 8.19. The molecule has 1 fully saturated rings. The Bertz CT molecular complexity index is 1080. The predicted octanol–water partition coefficient (Wildman–Crippen LogP) is -0.787. The van der Waals surface area contributed by atoms with E-state index in [1.54, 1.807) is 4.68 Å². The van der Waals surface area contributed by atoms with Crippen LogP contribution in [0.3, 0.4) is 0 Å². The molecule has 2 heterocycles. The molecule has 2 aromatic heterocycles. The first kappa shape index (κ1) is 28.0. The van der Waals surface area contributed by atoms with Crippen LogP contribution in [0.4, 0.5) is 0 Å². The number of carbonyl (C=O) groups excluding carboxylic acids is 1. The molecule has 3 aromatic rings. The number of halogens is 1. The van der Waals surface area contributed by atoms with E-state index in [1.165, 1.54) is 0 Å². The summed E-state index contributed by atoms with van der Waals surface area (Å²) in [5.74, 6) is -0.781. The van der Waals surface area contributed by atoms with E-state index in [0.717, 1.165) is 29.8 Å².